The molecule has 1 aromatic rings. The maximum Gasteiger partial charge on any atom is 0.327 e. The number of rotatable bonds is 6. The lowest BCUT2D eigenvalue weighted by Crippen LogP contribution is -2.53. The first-order chi connectivity index (χ1) is 12.8. The van der Waals surface area contributed by atoms with Gasteiger partial charge < -0.3 is 25.2 Å². The lowest BCUT2D eigenvalue weighted by Gasteiger charge is -2.28. The van der Waals surface area contributed by atoms with Gasteiger partial charge in [-0.15, -0.1) is 0 Å². The second-order valence-corrected chi connectivity index (χ2v) is 6.74. The van der Waals surface area contributed by atoms with Crippen LogP contribution in [0.15, 0.2) is 24.3 Å². The monoisotopic (exact) mass is 374 g/mol. The lowest BCUT2D eigenvalue weighted by molar-refractivity contribution is -0.310. The maximum atomic E-state index is 12.6. The van der Waals surface area contributed by atoms with Crippen LogP contribution in [0.1, 0.15) is 24.5 Å². The van der Waals surface area contributed by atoms with E-state index in [9.17, 15) is 29.4 Å². The van der Waals surface area contributed by atoms with Crippen molar-refractivity contribution in [1.29, 1.82) is 0 Å². The highest BCUT2D eigenvalue weighted by Gasteiger charge is 2.46. The van der Waals surface area contributed by atoms with Gasteiger partial charge in [-0.3, -0.25) is 14.5 Å². The Morgan fingerprint density at radius 2 is 1.96 bits per heavy atom. The molecule has 4 amide bonds. The number of imide groups is 1. The molecule has 0 aromatic heterocycles. The Hall–Kier alpha value is -2.94. The van der Waals surface area contributed by atoms with Gasteiger partial charge in [0.15, 0.2) is 0 Å². The number of benzene rings is 1. The summed E-state index contributed by atoms with van der Waals surface area (Å²) in [5.74, 6) is -2.67. The van der Waals surface area contributed by atoms with Crippen molar-refractivity contribution in [3.05, 3.63) is 35.4 Å². The average molecular weight is 374 g/mol. The molecule has 9 heteroatoms. The van der Waals surface area contributed by atoms with Crippen LogP contribution in [0.25, 0.3) is 0 Å². The number of carbonyl (C=O) groups excluding carboxylic acids is 4. The molecule has 1 aromatic carbocycles. The normalized spacial score (nSPS) is 20.7. The van der Waals surface area contributed by atoms with Crippen molar-refractivity contribution in [3.63, 3.8) is 0 Å². The number of amides is 4. The van der Waals surface area contributed by atoms with E-state index in [0.717, 1.165) is 16.0 Å². The van der Waals surface area contributed by atoms with Gasteiger partial charge in [0.1, 0.15) is 6.04 Å². The molecule has 1 saturated heterocycles. The lowest BCUT2D eigenvalue weighted by atomic mass is 9.95. The number of carbonyl (C=O) groups is 4. The molecule has 3 atom stereocenters. The Labute approximate surface area is 155 Å². The predicted molar refractivity (Wildman–Crippen MR) is 89.8 cm³/mol. The minimum Gasteiger partial charge on any atom is -0.548 e. The number of aliphatic hydroxyl groups excluding tert-OH is 1. The van der Waals surface area contributed by atoms with Crippen LogP contribution in [-0.2, 0) is 27.3 Å². The van der Waals surface area contributed by atoms with Crippen molar-refractivity contribution in [2.45, 2.75) is 44.5 Å². The van der Waals surface area contributed by atoms with Gasteiger partial charge in [-0.25, -0.2) is 4.79 Å². The summed E-state index contributed by atoms with van der Waals surface area (Å²) >= 11 is 0. The zero-order chi connectivity index (χ0) is 19.7. The molecule has 2 aliphatic heterocycles. The van der Waals surface area contributed by atoms with Crippen LogP contribution in [0.5, 0.6) is 0 Å². The van der Waals surface area contributed by atoms with Crippen LogP contribution in [-0.4, -0.2) is 63.5 Å². The fourth-order valence-corrected chi connectivity index (χ4v) is 3.42. The number of hydrogen-bond acceptors (Lipinski definition) is 6. The number of fused-ring (bicyclic) bond motifs is 2. The second-order valence-electron chi connectivity index (χ2n) is 6.74. The molecule has 144 valence electrons. The van der Waals surface area contributed by atoms with E-state index in [4.69, 9.17) is 0 Å². The molecule has 2 aliphatic rings. The molecule has 0 saturated carbocycles. The van der Waals surface area contributed by atoms with Gasteiger partial charge in [-0.05, 0) is 18.1 Å². The smallest absolute Gasteiger partial charge is 0.327 e. The summed E-state index contributed by atoms with van der Waals surface area (Å²) in [6.45, 7) is 1.39. The Balaban J connectivity index is 1.62. The number of nitrogens with one attached hydrogen (secondary N) is 1. The van der Waals surface area contributed by atoms with E-state index >= 15 is 0 Å². The van der Waals surface area contributed by atoms with Crippen LogP contribution in [0.3, 0.4) is 0 Å². The zero-order valence-electron chi connectivity index (χ0n) is 14.8. The van der Waals surface area contributed by atoms with E-state index in [1.54, 1.807) is 0 Å². The largest absolute Gasteiger partial charge is 0.548 e. The van der Waals surface area contributed by atoms with Gasteiger partial charge in [-0.1, -0.05) is 24.3 Å². The zero-order valence-corrected chi connectivity index (χ0v) is 14.8. The second kappa shape index (κ2) is 7.36. The van der Waals surface area contributed by atoms with Gasteiger partial charge in [0.25, 0.3) is 5.91 Å². The minimum absolute atomic E-state index is 0.160. The van der Waals surface area contributed by atoms with Gasteiger partial charge in [0, 0.05) is 25.9 Å². The number of carboxylic acid groups (broad SMARTS) is 1. The summed E-state index contributed by atoms with van der Waals surface area (Å²) in [5.41, 5.74) is 2.01. The molecule has 0 bridgehead atoms. The van der Waals surface area contributed by atoms with Crippen LogP contribution < -0.4 is 10.4 Å². The molecule has 1 fully saturated rings. The number of nitrogens with zero attached hydrogens (tertiary/aromatic N) is 2. The van der Waals surface area contributed by atoms with Crippen LogP contribution in [0, 0.1) is 0 Å². The summed E-state index contributed by atoms with van der Waals surface area (Å²) in [4.78, 5) is 50.5. The fourth-order valence-electron chi connectivity index (χ4n) is 3.42. The van der Waals surface area contributed by atoms with E-state index in [1.807, 2.05) is 24.3 Å². The van der Waals surface area contributed by atoms with E-state index in [2.05, 4.69) is 5.32 Å². The first-order valence-electron chi connectivity index (χ1n) is 8.66. The summed E-state index contributed by atoms with van der Waals surface area (Å²) in [7, 11) is 0. The Kier molecular flexibility index (Phi) is 5.13. The van der Waals surface area contributed by atoms with Gasteiger partial charge >= 0.3 is 6.03 Å². The molecule has 2 N–H and O–H groups in total. The first-order valence-corrected chi connectivity index (χ1v) is 8.66. The van der Waals surface area contributed by atoms with Gasteiger partial charge in [0.05, 0.1) is 18.1 Å². The topological polar surface area (TPSA) is 130 Å². The van der Waals surface area contributed by atoms with Gasteiger partial charge in [0.2, 0.25) is 5.91 Å². The number of carboxylic acids is 1. The Bertz CT molecular complexity index is 750. The first kappa shape index (κ1) is 18.8. The molecule has 0 unspecified atom stereocenters. The minimum atomic E-state index is -1.61. The summed E-state index contributed by atoms with van der Waals surface area (Å²) < 4.78 is 0. The molecule has 2 heterocycles. The standard InChI is InChI=1S/C18H21N3O6/c1-10(22)15(17(25)26)19-14(23)6-7-20-16(24)13-8-11-4-2-3-5-12(11)9-21(13)18(20)27/h2-5,10,13,15,22H,6-9H2,1H3,(H,19,23)(H,25,26)/p-1/t10-,13+,15-/m1/s1. The third kappa shape index (κ3) is 3.63. The molecular weight excluding hydrogens is 354 g/mol. The van der Waals surface area contributed by atoms with Crippen molar-refractivity contribution in [3.8, 4) is 0 Å². The van der Waals surface area contributed by atoms with Crippen LogP contribution in [0.4, 0.5) is 4.79 Å². The third-order valence-electron chi connectivity index (χ3n) is 4.89. The Morgan fingerprint density at radius 3 is 2.59 bits per heavy atom. The van der Waals surface area contributed by atoms with Crippen molar-refractivity contribution in [2.24, 2.45) is 0 Å². The number of aliphatic carboxylic acids is 1. The number of urea groups is 1. The molecule has 27 heavy (non-hydrogen) atoms. The predicted octanol–water partition coefficient (Wildman–Crippen LogP) is -1.62. The number of hydrogen-bond donors (Lipinski definition) is 2. The summed E-state index contributed by atoms with van der Waals surface area (Å²) in [6.07, 6.45) is -1.17. The average Bonchev–Trinajstić information content (AvgIpc) is 2.86. The quantitative estimate of drug-likeness (QED) is 0.576. The molecular formula is C18H20N3O6-. The van der Waals surface area contributed by atoms with E-state index in [-0.39, 0.29) is 18.9 Å². The van der Waals surface area contributed by atoms with Crippen molar-refractivity contribution >= 4 is 23.8 Å². The van der Waals surface area contributed by atoms with E-state index in [1.165, 1.54) is 11.8 Å². The molecule has 3 rings (SSSR count). The van der Waals surface area contributed by atoms with Crippen LogP contribution >= 0.6 is 0 Å². The molecule has 0 radical (unpaired) electrons. The van der Waals surface area contributed by atoms with E-state index < -0.39 is 36.1 Å². The maximum absolute atomic E-state index is 12.6. The van der Waals surface area contributed by atoms with Crippen molar-refractivity contribution < 1.29 is 29.4 Å². The SMILES string of the molecule is C[C@@H](O)[C@@H](NC(=O)CCN1C(=O)[C@@H]2Cc3ccccc3CN2C1=O)C(=O)[O-]. The summed E-state index contributed by atoms with van der Waals surface area (Å²) in [5, 5.41) is 22.4. The molecule has 9 nitrogen and oxygen atoms in total. The highest BCUT2D eigenvalue weighted by Crippen LogP contribution is 2.29. The fraction of sp³-hybridized carbons (Fsp3) is 0.444. The number of aliphatic hydroxyl groups is 1. The van der Waals surface area contributed by atoms with Gasteiger partial charge in [-0.2, -0.15) is 0 Å². The van der Waals surface area contributed by atoms with Crippen molar-refractivity contribution in [1.82, 2.24) is 15.1 Å². The highest BCUT2D eigenvalue weighted by molar-refractivity contribution is 6.05. The summed E-state index contributed by atoms with van der Waals surface area (Å²) in [6, 6.07) is 5.01. The van der Waals surface area contributed by atoms with Crippen LogP contribution in [0.2, 0.25) is 0 Å². The van der Waals surface area contributed by atoms with Crippen molar-refractivity contribution in [2.75, 3.05) is 6.54 Å². The highest BCUT2D eigenvalue weighted by atomic mass is 16.4. The molecule has 0 spiro atoms. The van der Waals surface area contributed by atoms with E-state index in [0.29, 0.717) is 13.0 Å². The Morgan fingerprint density at radius 1 is 1.30 bits per heavy atom. The molecule has 0 aliphatic carbocycles. The third-order valence-corrected chi connectivity index (χ3v) is 4.89.